The molecular weight excluding hydrogens is 312 g/mol. The van der Waals surface area contributed by atoms with E-state index in [-0.39, 0.29) is 0 Å². The summed E-state index contributed by atoms with van der Waals surface area (Å²) in [5.41, 5.74) is 10.6. The van der Waals surface area contributed by atoms with Gasteiger partial charge in [-0.3, -0.25) is 9.78 Å². The number of nitrogens with zero attached hydrogens (tertiary/aromatic N) is 1. The Kier molecular flexibility index (Phi) is 3.67. The molecule has 0 fully saturated rings. The van der Waals surface area contributed by atoms with E-state index in [0.29, 0.717) is 5.69 Å². The van der Waals surface area contributed by atoms with Crippen LogP contribution in [0, 0.1) is 0 Å². The molecule has 122 valence electrons. The number of nitrogens with two attached hydrogens (primary N) is 1. The van der Waals surface area contributed by atoms with Crippen molar-refractivity contribution in [2.75, 3.05) is 5.32 Å². The van der Waals surface area contributed by atoms with Gasteiger partial charge in [0, 0.05) is 11.1 Å². The lowest BCUT2D eigenvalue weighted by Crippen LogP contribution is -2.10. The first-order valence-electron chi connectivity index (χ1n) is 7.90. The Morgan fingerprint density at radius 2 is 1.68 bits per heavy atom. The molecule has 5 nitrogen and oxygen atoms in total. The smallest absolute Gasteiger partial charge is 0.265 e. The van der Waals surface area contributed by atoms with Crippen molar-refractivity contribution in [3.05, 3.63) is 78.8 Å². The van der Waals surface area contributed by atoms with Gasteiger partial charge in [0.05, 0.1) is 23.6 Å². The normalized spacial score (nSPS) is 10.7. The lowest BCUT2D eigenvalue weighted by atomic mass is 10.1. The molecule has 4 N–H and O–H groups in total. The number of amides is 1. The first-order chi connectivity index (χ1) is 12.2. The molecule has 25 heavy (non-hydrogen) atoms. The standard InChI is InChI=1S/C20H16N4O/c21-20(25)17-10-16-18(11-22-12-19(16)24-17)23-15-8-6-14(7-9-15)13-4-2-1-3-5-13/h1-12,23-24H,(H2,21,25). The van der Waals surface area contributed by atoms with Crippen molar-refractivity contribution < 1.29 is 4.79 Å². The summed E-state index contributed by atoms with van der Waals surface area (Å²) in [7, 11) is 0. The fourth-order valence-corrected chi connectivity index (χ4v) is 2.82. The Balaban J connectivity index is 1.64. The van der Waals surface area contributed by atoms with Crippen molar-refractivity contribution >= 4 is 28.2 Å². The van der Waals surface area contributed by atoms with Gasteiger partial charge in [-0.05, 0) is 29.3 Å². The molecule has 2 aromatic carbocycles. The van der Waals surface area contributed by atoms with Crippen LogP contribution in [0.15, 0.2) is 73.1 Å². The molecule has 0 aliphatic rings. The monoisotopic (exact) mass is 328 g/mol. The molecule has 4 aromatic rings. The maximum atomic E-state index is 11.4. The largest absolute Gasteiger partial charge is 0.364 e. The summed E-state index contributed by atoms with van der Waals surface area (Å²) in [5.74, 6) is -0.491. The fourth-order valence-electron chi connectivity index (χ4n) is 2.82. The average molecular weight is 328 g/mol. The highest BCUT2D eigenvalue weighted by atomic mass is 16.1. The number of fused-ring (bicyclic) bond motifs is 1. The second kappa shape index (κ2) is 6.13. The zero-order valence-corrected chi connectivity index (χ0v) is 13.4. The molecule has 0 aliphatic heterocycles. The van der Waals surface area contributed by atoms with Gasteiger partial charge in [-0.15, -0.1) is 0 Å². The molecule has 4 rings (SSSR count). The van der Waals surface area contributed by atoms with E-state index in [0.717, 1.165) is 27.8 Å². The van der Waals surface area contributed by atoms with Crippen LogP contribution in [0.5, 0.6) is 0 Å². The maximum Gasteiger partial charge on any atom is 0.265 e. The quantitative estimate of drug-likeness (QED) is 0.528. The lowest BCUT2D eigenvalue weighted by molar-refractivity contribution is 0.0996. The van der Waals surface area contributed by atoms with Crippen LogP contribution < -0.4 is 11.1 Å². The van der Waals surface area contributed by atoms with Gasteiger partial charge in [-0.1, -0.05) is 42.5 Å². The number of aromatic amines is 1. The van der Waals surface area contributed by atoms with Gasteiger partial charge < -0.3 is 16.0 Å². The van der Waals surface area contributed by atoms with E-state index >= 15 is 0 Å². The number of hydrogen-bond acceptors (Lipinski definition) is 3. The van der Waals surface area contributed by atoms with Crippen molar-refractivity contribution in [3.63, 3.8) is 0 Å². The van der Waals surface area contributed by atoms with Crippen LogP contribution in [0.1, 0.15) is 10.5 Å². The summed E-state index contributed by atoms with van der Waals surface area (Å²) in [4.78, 5) is 18.5. The molecular formula is C20H16N4O. The second-order valence-corrected chi connectivity index (χ2v) is 5.76. The number of pyridine rings is 1. The van der Waals surface area contributed by atoms with E-state index in [2.05, 4.69) is 39.6 Å². The Bertz CT molecular complexity index is 1040. The SMILES string of the molecule is NC(=O)c1cc2c(Nc3ccc(-c4ccccc4)cc3)cncc2[nH]1. The minimum Gasteiger partial charge on any atom is -0.364 e. The van der Waals surface area contributed by atoms with E-state index < -0.39 is 5.91 Å². The van der Waals surface area contributed by atoms with Crippen molar-refractivity contribution in [3.8, 4) is 11.1 Å². The van der Waals surface area contributed by atoms with Gasteiger partial charge in [0.15, 0.2) is 0 Å². The topological polar surface area (TPSA) is 83.8 Å². The van der Waals surface area contributed by atoms with Gasteiger partial charge >= 0.3 is 0 Å². The molecule has 2 aromatic heterocycles. The molecule has 0 saturated carbocycles. The molecule has 0 radical (unpaired) electrons. The predicted molar refractivity (Wildman–Crippen MR) is 99.8 cm³/mol. The number of carbonyl (C=O) groups excluding carboxylic acids is 1. The van der Waals surface area contributed by atoms with E-state index in [1.54, 1.807) is 18.5 Å². The zero-order valence-electron chi connectivity index (χ0n) is 13.4. The second-order valence-electron chi connectivity index (χ2n) is 5.76. The summed E-state index contributed by atoms with van der Waals surface area (Å²) < 4.78 is 0. The van der Waals surface area contributed by atoms with Crippen molar-refractivity contribution in [2.45, 2.75) is 0 Å². The first-order valence-corrected chi connectivity index (χ1v) is 7.90. The number of nitrogens with one attached hydrogen (secondary N) is 2. The number of anilines is 2. The highest BCUT2D eigenvalue weighted by Crippen LogP contribution is 2.27. The van der Waals surface area contributed by atoms with Gasteiger partial charge in [-0.2, -0.15) is 0 Å². The van der Waals surface area contributed by atoms with Crippen LogP contribution in [0.3, 0.4) is 0 Å². The van der Waals surface area contributed by atoms with Crippen LogP contribution in [0.2, 0.25) is 0 Å². The summed E-state index contributed by atoms with van der Waals surface area (Å²) >= 11 is 0. The Labute approximate surface area is 144 Å². The van der Waals surface area contributed by atoms with Crippen LogP contribution in [-0.4, -0.2) is 15.9 Å². The van der Waals surface area contributed by atoms with Crippen LogP contribution in [0.25, 0.3) is 22.0 Å². The minimum absolute atomic E-state index is 0.366. The van der Waals surface area contributed by atoms with Crippen LogP contribution in [-0.2, 0) is 0 Å². The molecule has 2 heterocycles. The number of benzene rings is 2. The van der Waals surface area contributed by atoms with Gasteiger partial charge in [-0.25, -0.2) is 0 Å². The third kappa shape index (κ3) is 2.95. The number of hydrogen-bond donors (Lipinski definition) is 3. The molecule has 0 aliphatic carbocycles. The number of carbonyl (C=O) groups is 1. The molecule has 0 bridgehead atoms. The summed E-state index contributed by atoms with van der Waals surface area (Å²) in [6, 6.07) is 20.1. The summed E-state index contributed by atoms with van der Waals surface area (Å²) in [6.07, 6.45) is 3.40. The van der Waals surface area contributed by atoms with E-state index in [1.807, 2.05) is 30.3 Å². The average Bonchev–Trinajstić information content (AvgIpc) is 3.09. The maximum absolute atomic E-state index is 11.4. The number of rotatable bonds is 4. The fraction of sp³-hybridized carbons (Fsp3) is 0. The number of aromatic nitrogens is 2. The number of H-pyrrole nitrogens is 1. The summed E-state index contributed by atoms with van der Waals surface area (Å²) in [6.45, 7) is 0. The highest BCUT2D eigenvalue weighted by molar-refractivity contribution is 6.01. The van der Waals surface area contributed by atoms with E-state index in [1.165, 1.54) is 5.56 Å². The molecule has 0 spiro atoms. The van der Waals surface area contributed by atoms with Gasteiger partial charge in [0.1, 0.15) is 5.69 Å². The van der Waals surface area contributed by atoms with Crippen molar-refractivity contribution in [2.24, 2.45) is 5.73 Å². The number of primary amides is 1. The molecule has 5 heteroatoms. The Morgan fingerprint density at radius 1 is 0.960 bits per heavy atom. The Morgan fingerprint density at radius 3 is 2.40 bits per heavy atom. The molecule has 0 atom stereocenters. The van der Waals surface area contributed by atoms with Crippen LogP contribution in [0.4, 0.5) is 11.4 Å². The lowest BCUT2D eigenvalue weighted by Gasteiger charge is -2.08. The highest BCUT2D eigenvalue weighted by Gasteiger charge is 2.09. The first kappa shape index (κ1) is 15.0. The van der Waals surface area contributed by atoms with E-state index in [9.17, 15) is 4.79 Å². The zero-order chi connectivity index (χ0) is 17.2. The van der Waals surface area contributed by atoms with Gasteiger partial charge in [0.25, 0.3) is 5.91 Å². The minimum atomic E-state index is -0.491. The Hall–Kier alpha value is -3.60. The molecule has 1 amide bonds. The third-order valence-corrected chi connectivity index (χ3v) is 4.08. The third-order valence-electron chi connectivity index (χ3n) is 4.08. The van der Waals surface area contributed by atoms with Gasteiger partial charge in [0.2, 0.25) is 0 Å². The van der Waals surface area contributed by atoms with E-state index in [4.69, 9.17) is 5.73 Å². The van der Waals surface area contributed by atoms with Crippen LogP contribution >= 0.6 is 0 Å². The molecule has 0 unspecified atom stereocenters. The van der Waals surface area contributed by atoms with Crippen molar-refractivity contribution in [1.82, 2.24) is 9.97 Å². The summed E-state index contributed by atoms with van der Waals surface area (Å²) in [5, 5.41) is 4.21. The molecule has 0 saturated heterocycles. The predicted octanol–water partition coefficient (Wildman–Crippen LogP) is 4.07. The van der Waals surface area contributed by atoms with Crippen molar-refractivity contribution in [1.29, 1.82) is 0 Å².